The minimum Gasteiger partial charge on any atom is -0.480 e. The normalized spacial score (nSPS) is 17.6. The number of piperazine rings is 1. The molecule has 134 valence electrons. The van der Waals surface area contributed by atoms with E-state index < -0.39 is 0 Å². The van der Waals surface area contributed by atoms with E-state index in [9.17, 15) is 4.79 Å². The van der Waals surface area contributed by atoms with E-state index in [1.807, 2.05) is 50.1 Å². The van der Waals surface area contributed by atoms with Crippen LogP contribution in [-0.2, 0) is 11.8 Å². The van der Waals surface area contributed by atoms with Gasteiger partial charge in [-0.15, -0.1) is 0 Å². The Hall–Kier alpha value is -2.05. The number of nitrogens with one attached hydrogen (secondary N) is 1. The van der Waals surface area contributed by atoms with Crippen molar-refractivity contribution < 1.29 is 9.53 Å². The molecular weight excluding hydrogens is 340 g/mol. The molecular formula is C18H23ClN4O2. The molecule has 25 heavy (non-hydrogen) atoms. The summed E-state index contributed by atoms with van der Waals surface area (Å²) in [6.45, 7) is 5.94. The predicted octanol–water partition coefficient (Wildman–Crippen LogP) is 2.24. The van der Waals surface area contributed by atoms with E-state index >= 15 is 0 Å². The number of aryl methyl sites for hydroxylation is 2. The molecule has 1 aliphatic heterocycles. The first-order valence-corrected chi connectivity index (χ1v) is 8.74. The van der Waals surface area contributed by atoms with Crippen LogP contribution < -0.4 is 10.1 Å². The summed E-state index contributed by atoms with van der Waals surface area (Å²) in [7, 11) is 1.86. The average molecular weight is 363 g/mol. The van der Waals surface area contributed by atoms with Crippen LogP contribution in [0.5, 0.6) is 5.75 Å². The number of hydrogen-bond acceptors (Lipinski definition) is 4. The topological polar surface area (TPSA) is 59.4 Å². The summed E-state index contributed by atoms with van der Waals surface area (Å²) in [4.78, 5) is 14.6. The minimum absolute atomic E-state index is 0.00440. The van der Waals surface area contributed by atoms with Crippen molar-refractivity contribution in [2.45, 2.75) is 19.9 Å². The number of halogens is 1. The van der Waals surface area contributed by atoms with Gasteiger partial charge in [0.15, 0.2) is 12.4 Å². The van der Waals surface area contributed by atoms with Crippen molar-refractivity contribution in [3.05, 3.63) is 46.2 Å². The van der Waals surface area contributed by atoms with Crippen LogP contribution >= 0.6 is 11.6 Å². The standard InChI is InChI=1S/C18H23ClN4O2/c1-12-18(13(2)22(3)21-12)25-11-17(24)23-8-7-20-10-16(23)14-5-4-6-15(19)9-14/h4-6,9,16,20H,7-8,10-11H2,1-3H3. The van der Waals surface area contributed by atoms with E-state index in [0.717, 1.165) is 23.5 Å². The molecule has 3 rings (SSSR count). The zero-order chi connectivity index (χ0) is 18.0. The number of amides is 1. The molecule has 1 aliphatic rings. The van der Waals surface area contributed by atoms with Gasteiger partial charge in [0.05, 0.1) is 11.7 Å². The first kappa shape index (κ1) is 17.8. The van der Waals surface area contributed by atoms with Gasteiger partial charge in [0.25, 0.3) is 5.91 Å². The molecule has 1 amide bonds. The lowest BCUT2D eigenvalue weighted by molar-refractivity contribution is -0.136. The summed E-state index contributed by atoms with van der Waals surface area (Å²) < 4.78 is 7.55. The van der Waals surface area contributed by atoms with Crippen LogP contribution in [0, 0.1) is 13.8 Å². The Morgan fingerprint density at radius 2 is 2.24 bits per heavy atom. The Kier molecular flexibility index (Phi) is 5.30. The maximum absolute atomic E-state index is 12.8. The van der Waals surface area contributed by atoms with Crippen molar-refractivity contribution in [2.24, 2.45) is 7.05 Å². The lowest BCUT2D eigenvalue weighted by Crippen LogP contribution is -2.50. The van der Waals surface area contributed by atoms with Crippen LogP contribution in [-0.4, -0.2) is 46.8 Å². The van der Waals surface area contributed by atoms with E-state index in [0.29, 0.717) is 23.9 Å². The summed E-state index contributed by atoms with van der Waals surface area (Å²) in [6.07, 6.45) is 0. The molecule has 1 fully saturated rings. The van der Waals surface area contributed by atoms with Gasteiger partial charge in [-0.3, -0.25) is 9.48 Å². The van der Waals surface area contributed by atoms with Gasteiger partial charge in [-0.1, -0.05) is 23.7 Å². The summed E-state index contributed by atoms with van der Waals surface area (Å²) in [5.74, 6) is 0.652. The van der Waals surface area contributed by atoms with Crippen LogP contribution in [0.15, 0.2) is 24.3 Å². The van der Waals surface area contributed by atoms with Gasteiger partial charge in [0.2, 0.25) is 0 Å². The Bertz CT molecular complexity index is 774. The molecule has 0 aliphatic carbocycles. The van der Waals surface area contributed by atoms with E-state index in [4.69, 9.17) is 16.3 Å². The Labute approximate surface area is 152 Å². The summed E-state index contributed by atoms with van der Waals surface area (Å²) >= 11 is 6.11. The maximum Gasteiger partial charge on any atom is 0.261 e. The monoisotopic (exact) mass is 362 g/mol. The van der Waals surface area contributed by atoms with Gasteiger partial charge >= 0.3 is 0 Å². The molecule has 0 radical (unpaired) electrons. The average Bonchev–Trinajstić information content (AvgIpc) is 2.85. The first-order chi connectivity index (χ1) is 12.0. The van der Waals surface area contributed by atoms with Gasteiger partial charge in [-0.2, -0.15) is 5.10 Å². The predicted molar refractivity (Wildman–Crippen MR) is 97.0 cm³/mol. The highest BCUT2D eigenvalue weighted by molar-refractivity contribution is 6.30. The molecule has 1 N–H and O–H groups in total. The maximum atomic E-state index is 12.8. The molecule has 0 spiro atoms. The number of rotatable bonds is 4. The van der Waals surface area contributed by atoms with Crippen LogP contribution in [0.1, 0.15) is 23.0 Å². The number of ether oxygens (including phenoxy) is 1. The van der Waals surface area contributed by atoms with E-state index in [2.05, 4.69) is 10.4 Å². The molecule has 7 heteroatoms. The third-order valence-electron chi connectivity index (χ3n) is 4.58. The van der Waals surface area contributed by atoms with Gasteiger partial charge in [0.1, 0.15) is 5.69 Å². The van der Waals surface area contributed by atoms with Gasteiger partial charge in [-0.25, -0.2) is 0 Å². The fraction of sp³-hybridized carbons (Fsp3) is 0.444. The number of hydrogen-bond donors (Lipinski definition) is 1. The Morgan fingerprint density at radius 1 is 1.44 bits per heavy atom. The highest BCUT2D eigenvalue weighted by Gasteiger charge is 2.28. The van der Waals surface area contributed by atoms with Crippen molar-refractivity contribution in [3.8, 4) is 5.75 Å². The Morgan fingerprint density at radius 3 is 2.92 bits per heavy atom. The zero-order valence-electron chi connectivity index (χ0n) is 14.8. The van der Waals surface area contributed by atoms with Crippen molar-refractivity contribution in [1.82, 2.24) is 20.0 Å². The van der Waals surface area contributed by atoms with Crippen LogP contribution in [0.2, 0.25) is 5.02 Å². The van der Waals surface area contributed by atoms with Crippen LogP contribution in [0.4, 0.5) is 0 Å². The van der Waals surface area contributed by atoms with Gasteiger partial charge < -0.3 is 15.0 Å². The second-order valence-electron chi connectivity index (χ2n) is 6.27. The quantitative estimate of drug-likeness (QED) is 0.906. The summed E-state index contributed by atoms with van der Waals surface area (Å²) in [6, 6.07) is 7.62. The minimum atomic E-state index is -0.0420. The van der Waals surface area contributed by atoms with Crippen molar-refractivity contribution in [2.75, 3.05) is 26.2 Å². The highest BCUT2D eigenvalue weighted by Crippen LogP contribution is 2.26. The number of nitrogens with zero attached hydrogens (tertiary/aromatic N) is 3. The summed E-state index contributed by atoms with van der Waals surface area (Å²) in [5.41, 5.74) is 2.73. The van der Waals surface area contributed by atoms with Gasteiger partial charge in [0, 0.05) is 31.7 Å². The zero-order valence-corrected chi connectivity index (χ0v) is 15.5. The lowest BCUT2D eigenvalue weighted by Gasteiger charge is -2.36. The van der Waals surface area contributed by atoms with Crippen LogP contribution in [0.3, 0.4) is 0 Å². The first-order valence-electron chi connectivity index (χ1n) is 8.36. The number of carbonyl (C=O) groups excluding carboxylic acids is 1. The number of carbonyl (C=O) groups is 1. The largest absolute Gasteiger partial charge is 0.480 e. The third kappa shape index (κ3) is 3.80. The van der Waals surface area contributed by atoms with E-state index in [1.165, 1.54) is 0 Å². The fourth-order valence-electron chi connectivity index (χ4n) is 3.19. The molecule has 2 heterocycles. The van der Waals surface area contributed by atoms with Gasteiger partial charge in [-0.05, 0) is 31.5 Å². The van der Waals surface area contributed by atoms with E-state index in [1.54, 1.807) is 4.68 Å². The molecule has 1 unspecified atom stereocenters. The molecule has 0 bridgehead atoms. The molecule has 1 aromatic heterocycles. The SMILES string of the molecule is Cc1nn(C)c(C)c1OCC(=O)N1CCNCC1c1cccc(Cl)c1. The Balaban J connectivity index is 1.73. The molecule has 6 nitrogen and oxygen atoms in total. The lowest BCUT2D eigenvalue weighted by atomic mass is 10.0. The molecule has 1 aromatic carbocycles. The number of aromatic nitrogens is 2. The second-order valence-corrected chi connectivity index (χ2v) is 6.71. The van der Waals surface area contributed by atoms with Crippen LogP contribution in [0.25, 0.3) is 0 Å². The van der Waals surface area contributed by atoms with Crippen molar-refractivity contribution in [3.63, 3.8) is 0 Å². The highest BCUT2D eigenvalue weighted by atomic mass is 35.5. The second kappa shape index (κ2) is 7.45. The molecule has 1 atom stereocenters. The fourth-order valence-corrected chi connectivity index (χ4v) is 3.39. The molecule has 0 saturated carbocycles. The number of benzene rings is 1. The molecule has 2 aromatic rings. The van der Waals surface area contributed by atoms with E-state index in [-0.39, 0.29) is 18.6 Å². The van der Waals surface area contributed by atoms with Crippen molar-refractivity contribution in [1.29, 1.82) is 0 Å². The smallest absolute Gasteiger partial charge is 0.261 e. The summed E-state index contributed by atoms with van der Waals surface area (Å²) in [5, 5.41) is 8.33. The third-order valence-corrected chi connectivity index (χ3v) is 4.81. The van der Waals surface area contributed by atoms with Crippen molar-refractivity contribution >= 4 is 17.5 Å². The molecule has 1 saturated heterocycles.